The van der Waals surface area contributed by atoms with Gasteiger partial charge in [-0.2, -0.15) is 0 Å². The topological polar surface area (TPSA) is 66.5 Å². The molecule has 0 aliphatic rings. The van der Waals surface area contributed by atoms with E-state index in [0.717, 1.165) is 12.8 Å². The number of carbonyl (C=O) groups is 1. The van der Waals surface area contributed by atoms with Crippen molar-refractivity contribution in [3.8, 4) is 0 Å². The van der Waals surface area contributed by atoms with E-state index < -0.39 is 10.0 Å². The number of amides is 1. The average molecular weight is 465 g/mol. The highest BCUT2D eigenvalue weighted by atomic mass is 35.5. The Labute approximate surface area is 191 Å². The summed E-state index contributed by atoms with van der Waals surface area (Å²) in [6.07, 6.45) is 3.65. The summed E-state index contributed by atoms with van der Waals surface area (Å²) < 4.78 is 25.8. The van der Waals surface area contributed by atoms with Gasteiger partial charge in [-0.05, 0) is 60.9 Å². The minimum absolute atomic E-state index is 0.0635. The van der Waals surface area contributed by atoms with Crippen LogP contribution in [0, 0.1) is 6.92 Å². The molecular formula is C24H33ClN2O3S. The van der Waals surface area contributed by atoms with Crippen LogP contribution in [0.15, 0.2) is 42.5 Å². The number of sulfonamides is 1. The summed E-state index contributed by atoms with van der Waals surface area (Å²) in [7, 11) is -3.47. The second-order valence-electron chi connectivity index (χ2n) is 8.17. The lowest BCUT2D eigenvalue weighted by Crippen LogP contribution is -2.32. The predicted octanol–water partition coefficient (Wildman–Crippen LogP) is 5.07. The van der Waals surface area contributed by atoms with Crippen molar-refractivity contribution in [1.29, 1.82) is 0 Å². The van der Waals surface area contributed by atoms with E-state index in [9.17, 15) is 13.2 Å². The fourth-order valence-corrected chi connectivity index (χ4v) is 4.58. The van der Waals surface area contributed by atoms with E-state index in [-0.39, 0.29) is 18.9 Å². The maximum atomic E-state index is 12.3. The maximum Gasteiger partial charge on any atom is 0.232 e. The molecule has 0 aromatic heterocycles. The van der Waals surface area contributed by atoms with Crippen LogP contribution in [0.25, 0.3) is 0 Å². The van der Waals surface area contributed by atoms with Crippen LogP contribution in [0.4, 0.5) is 5.69 Å². The molecule has 2 rings (SSSR count). The number of nitrogens with zero attached hydrogens (tertiary/aromatic N) is 1. The van der Waals surface area contributed by atoms with Crippen LogP contribution in [0.3, 0.4) is 0 Å². The molecule has 0 aliphatic heterocycles. The largest absolute Gasteiger partial charge is 0.356 e. The van der Waals surface area contributed by atoms with Crippen molar-refractivity contribution in [1.82, 2.24) is 5.32 Å². The lowest BCUT2D eigenvalue weighted by Gasteiger charge is -2.24. The van der Waals surface area contributed by atoms with E-state index >= 15 is 0 Å². The van der Waals surface area contributed by atoms with Crippen molar-refractivity contribution in [2.24, 2.45) is 0 Å². The first-order valence-corrected chi connectivity index (χ1v) is 12.9. The van der Waals surface area contributed by atoms with Gasteiger partial charge in [0, 0.05) is 24.5 Å². The molecule has 2 aromatic carbocycles. The quantitative estimate of drug-likeness (QED) is 0.472. The number of nitrogens with one attached hydrogen (secondary N) is 1. The van der Waals surface area contributed by atoms with Gasteiger partial charge in [0.2, 0.25) is 15.9 Å². The monoisotopic (exact) mass is 464 g/mol. The van der Waals surface area contributed by atoms with Crippen molar-refractivity contribution >= 4 is 33.2 Å². The summed E-state index contributed by atoms with van der Waals surface area (Å²) in [6.45, 7) is 6.98. The molecule has 0 unspecified atom stereocenters. The number of aryl methyl sites for hydroxylation is 1. The summed E-state index contributed by atoms with van der Waals surface area (Å²) >= 11 is 6.14. The van der Waals surface area contributed by atoms with Crippen molar-refractivity contribution in [3.05, 3.63) is 64.2 Å². The number of carbonyl (C=O) groups excluding carboxylic acids is 1. The van der Waals surface area contributed by atoms with E-state index in [1.807, 2.05) is 0 Å². The molecule has 0 fully saturated rings. The molecular weight excluding hydrogens is 432 g/mol. The number of hydrogen-bond acceptors (Lipinski definition) is 3. The van der Waals surface area contributed by atoms with Crippen LogP contribution in [0.5, 0.6) is 0 Å². The van der Waals surface area contributed by atoms with Gasteiger partial charge in [0.15, 0.2) is 0 Å². The Balaban J connectivity index is 1.77. The number of anilines is 1. The Hall–Kier alpha value is -2.05. The second kappa shape index (κ2) is 11.5. The molecule has 0 spiro atoms. The molecule has 1 N–H and O–H groups in total. The Morgan fingerprint density at radius 3 is 2.39 bits per heavy atom. The highest BCUT2D eigenvalue weighted by molar-refractivity contribution is 7.92. The van der Waals surface area contributed by atoms with Gasteiger partial charge < -0.3 is 5.32 Å². The van der Waals surface area contributed by atoms with Crippen LogP contribution in [0.2, 0.25) is 5.02 Å². The molecule has 7 heteroatoms. The van der Waals surface area contributed by atoms with Gasteiger partial charge in [0.05, 0.1) is 11.9 Å². The Kier molecular flexibility index (Phi) is 9.38. The lowest BCUT2D eigenvalue weighted by atomic mass is 10.0. The Bertz CT molecular complexity index is 973. The number of rotatable bonds is 11. The van der Waals surface area contributed by atoms with Crippen LogP contribution in [-0.4, -0.2) is 33.7 Å². The van der Waals surface area contributed by atoms with Gasteiger partial charge in [-0.15, -0.1) is 0 Å². The minimum Gasteiger partial charge on any atom is -0.356 e. The molecule has 0 aliphatic carbocycles. The first kappa shape index (κ1) is 25.2. The summed E-state index contributed by atoms with van der Waals surface area (Å²) in [4.78, 5) is 12.2. The zero-order valence-corrected chi connectivity index (χ0v) is 20.4. The van der Waals surface area contributed by atoms with Crippen molar-refractivity contribution in [2.75, 3.05) is 23.7 Å². The summed E-state index contributed by atoms with van der Waals surface area (Å²) in [5.41, 5.74) is 3.85. The zero-order valence-electron chi connectivity index (χ0n) is 18.8. The van der Waals surface area contributed by atoms with E-state index in [0.29, 0.717) is 35.2 Å². The van der Waals surface area contributed by atoms with Crippen molar-refractivity contribution in [3.63, 3.8) is 0 Å². The van der Waals surface area contributed by atoms with Crippen LogP contribution >= 0.6 is 11.6 Å². The second-order valence-corrected chi connectivity index (χ2v) is 10.5. The molecule has 5 nitrogen and oxygen atoms in total. The molecule has 31 heavy (non-hydrogen) atoms. The molecule has 0 saturated carbocycles. The first-order chi connectivity index (χ1) is 14.6. The highest BCUT2D eigenvalue weighted by Crippen LogP contribution is 2.28. The third-order valence-electron chi connectivity index (χ3n) is 5.28. The smallest absolute Gasteiger partial charge is 0.232 e. The molecule has 170 valence electrons. The Morgan fingerprint density at radius 1 is 1.10 bits per heavy atom. The normalized spacial score (nSPS) is 11.5. The van der Waals surface area contributed by atoms with Gasteiger partial charge in [0.1, 0.15) is 0 Å². The lowest BCUT2D eigenvalue weighted by molar-refractivity contribution is -0.121. The highest BCUT2D eigenvalue weighted by Gasteiger charge is 2.20. The van der Waals surface area contributed by atoms with Crippen LogP contribution in [-0.2, 0) is 21.2 Å². The van der Waals surface area contributed by atoms with E-state index in [1.165, 1.54) is 21.7 Å². The molecule has 1 amide bonds. The zero-order chi connectivity index (χ0) is 23.0. The van der Waals surface area contributed by atoms with E-state index in [2.05, 4.69) is 43.4 Å². The maximum absolute atomic E-state index is 12.3. The predicted molar refractivity (Wildman–Crippen MR) is 129 cm³/mol. The molecule has 0 atom stereocenters. The third kappa shape index (κ3) is 7.86. The van der Waals surface area contributed by atoms with Crippen molar-refractivity contribution in [2.45, 2.75) is 52.4 Å². The first-order valence-electron chi connectivity index (χ1n) is 10.7. The minimum atomic E-state index is -3.47. The fourth-order valence-electron chi connectivity index (χ4n) is 3.39. The SMILES string of the molecule is Cc1c(Cl)cccc1N(CCCC(=O)NCCCc1ccc(C(C)C)cc1)S(C)(=O)=O. The number of hydrogen-bond donors (Lipinski definition) is 1. The number of benzene rings is 2. The van der Waals surface area contributed by atoms with E-state index in [1.54, 1.807) is 25.1 Å². The van der Waals surface area contributed by atoms with Gasteiger partial charge in [-0.3, -0.25) is 9.10 Å². The molecule has 0 radical (unpaired) electrons. The number of halogens is 1. The summed E-state index contributed by atoms with van der Waals surface area (Å²) in [5, 5.41) is 3.44. The molecule has 0 heterocycles. The fraction of sp³-hybridized carbons (Fsp3) is 0.458. The van der Waals surface area contributed by atoms with E-state index in [4.69, 9.17) is 11.6 Å². The van der Waals surface area contributed by atoms with Gasteiger partial charge >= 0.3 is 0 Å². The van der Waals surface area contributed by atoms with Crippen molar-refractivity contribution < 1.29 is 13.2 Å². The third-order valence-corrected chi connectivity index (χ3v) is 6.87. The Morgan fingerprint density at radius 2 is 1.77 bits per heavy atom. The molecule has 0 bridgehead atoms. The summed E-state index contributed by atoms with van der Waals surface area (Å²) in [5.74, 6) is 0.459. The van der Waals surface area contributed by atoms with Crippen LogP contribution in [0.1, 0.15) is 55.7 Å². The summed E-state index contributed by atoms with van der Waals surface area (Å²) in [6, 6.07) is 13.8. The van der Waals surface area contributed by atoms with Gasteiger partial charge in [0.25, 0.3) is 0 Å². The van der Waals surface area contributed by atoms with Gasteiger partial charge in [-0.25, -0.2) is 8.42 Å². The van der Waals surface area contributed by atoms with Gasteiger partial charge in [-0.1, -0.05) is 55.8 Å². The molecule has 0 saturated heterocycles. The average Bonchev–Trinajstić information content (AvgIpc) is 2.70. The van der Waals surface area contributed by atoms with Crippen LogP contribution < -0.4 is 9.62 Å². The molecule has 2 aromatic rings. The standard InChI is InChI=1S/C24H33ClN2O3S/c1-18(2)21-14-12-20(13-15-21)8-6-16-26-24(28)11-7-17-27(31(4,29)30)23-10-5-9-22(25)19(23)3/h5,9-10,12-15,18H,6-8,11,16-17H2,1-4H3,(H,26,28).